The fourth-order valence-corrected chi connectivity index (χ4v) is 3.81. The van der Waals surface area contributed by atoms with E-state index in [1.54, 1.807) is 4.90 Å². The molecule has 0 saturated carbocycles. The number of hydrogen-bond donors (Lipinski definition) is 0. The fraction of sp³-hybridized carbons (Fsp3) is 0.412. The molecule has 1 aliphatic heterocycles. The number of carbonyl (C=O) groups excluding carboxylic acids is 1. The molecule has 1 fully saturated rings. The van der Waals surface area contributed by atoms with E-state index < -0.39 is 0 Å². The molecular weight excluding hydrogens is 298 g/mol. The van der Waals surface area contributed by atoms with Crippen LogP contribution in [0.2, 0.25) is 0 Å². The highest BCUT2D eigenvalue weighted by atomic mass is 32.2. The lowest BCUT2D eigenvalue weighted by Crippen LogP contribution is -2.44. The van der Waals surface area contributed by atoms with Crippen molar-refractivity contribution in [2.75, 3.05) is 0 Å². The van der Waals surface area contributed by atoms with E-state index in [9.17, 15) is 4.79 Å². The van der Waals surface area contributed by atoms with Crippen LogP contribution in [0.3, 0.4) is 0 Å². The Balaban J connectivity index is 2.26. The number of carbonyl (C=O) groups is 1. The van der Waals surface area contributed by atoms with Crippen LogP contribution >= 0.6 is 24.0 Å². The molecule has 0 atom stereocenters. The summed E-state index contributed by atoms with van der Waals surface area (Å²) in [5, 5.41) is 0. The Bertz CT molecular complexity index is 594. The molecule has 0 N–H and O–H groups in total. The van der Waals surface area contributed by atoms with Crippen LogP contribution in [0, 0.1) is 0 Å². The van der Waals surface area contributed by atoms with Crippen LogP contribution in [0.4, 0.5) is 0 Å². The van der Waals surface area contributed by atoms with Crippen LogP contribution in [0.5, 0.6) is 0 Å². The lowest BCUT2D eigenvalue weighted by Gasteiger charge is -2.30. The highest BCUT2D eigenvalue weighted by Crippen LogP contribution is 2.36. The van der Waals surface area contributed by atoms with E-state index in [-0.39, 0.29) is 11.4 Å². The number of hydrogen-bond acceptors (Lipinski definition) is 3. The number of benzene rings is 1. The molecule has 0 aromatic heterocycles. The van der Waals surface area contributed by atoms with Gasteiger partial charge in [-0.25, -0.2) is 0 Å². The van der Waals surface area contributed by atoms with E-state index in [4.69, 9.17) is 12.2 Å². The Kier molecular flexibility index (Phi) is 4.59. The smallest absolute Gasteiger partial charge is 0.266 e. The first-order valence-electron chi connectivity index (χ1n) is 7.08. The number of thiocarbonyl (C=S) groups is 1. The Labute approximate surface area is 136 Å². The zero-order chi connectivity index (χ0) is 15.8. The zero-order valence-electron chi connectivity index (χ0n) is 13.1. The van der Waals surface area contributed by atoms with Crippen molar-refractivity contribution in [3.63, 3.8) is 0 Å². The van der Waals surface area contributed by atoms with Gasteiger partial charge in [0.05, 0.1) is 4.91 Å². The molecule has 2 nitrogen and oxygen atoms in total. The molecule has 1 aliphatic rings. The lowest BCUT2D eigenvalue weighted by molar-refractivity contribution is -0.125. The highest BCUT2D eigenvalue weighted by Gasteiger charge is 2.38. The van der Waals surface area contributed by atoms with Gasteiger partial charge in [-0.2, -0.15) is 0 Å². The van der Waals surface area contributed by atoms with Crippen molar-refractivity contribution >= 4 is 40.3 Å². The highest BCUT2D eigenvalue weighted by molar-refractivity contribution is 8.26. The van der Waals surface area contributed by atoms with E-state index in [1.165, 1.54) is 17.3 Å². The molecule has 1 amide bonds. The van der Waals surface area contributed by atoms with Gasteiger partial charge in [-0.3, -0.25) is 9.69 Å². The average Bonchev–Trinajstić information content (AvgIpc) is 2.64. The van der Waals surface area contributed by atoms with Crippen molar-refractivity contribution < 1.29 is 4.79 Å². The predicted molar refractivity (Wildman–Crippen MR) is 95.3 cm³/mol. The second-order valence-electron chi connectivity index (χ2n) is 6.51. The summed E-state index contributed by atoms with van der Waals surface area (Å²) in [5.41, 5.74) is 2.06. The van der Waals surface area contributed by atoms with E-state index in [0.717, 1.165) is 5.56 Å². The molecule has 0 aliphatic carbocycles. The third kappa shape index (κ3) is 3.55. The Hall–Kier alpha value is -1.13. The summed E-state index contributed by atoms with van der Waals surface area (Å²) in [4.78, 5) is 14.9. The Morgan fingerprint density at radius 1 is 1.19 bits per heavy atom. The second kappa shape index (κ2) is 5.93. The first-order valence-corrected chi connectivity index (χ1v) is 8.30. The molecule has 21 heavy (non-hydrogen) atoms. The molecule has 112 valence electrons. The summed E-state index contributed by atoms with van der Waals surface area (Å²) >= 11 is 6.72. The van der Waals surface area contributed by atoms with Crippen LogP contribution in [0.1, 0.15) is 51.7 Å². The topological polar surface area (TPSA) is 20.3 Å². The standard InChI is InChI=1S/C17H21NOS2/c1-11(2)13-8-6-12(7-9-13)10-14-15(19)18(16(20)21-14)17(3,4)5/h6-11H,1-5H3/b14-10-. The SMILES string of the molecule is CC(C)c1ccc(/C=C2\SC(=S)N(C(C)(C)C)C2=O)cc1. The maximum atomic E-state index is 12.5. The van der Waals surface area contributed by atoms with E-state index in [0.29, 0.717) is 15.1 Å². The maximum absolute atomic E-state index is 12.5. The molecule has 1 aromatic rings. The molecule has 0 radical (unpaired) electrons. The van der Waals surface area contributed by atoms with Crippen molar-refractivity contribution in [2.45, 2.75) is 46.1 Å². The summed E-state index contributed by atoms with van der Waals surface area (Å²) < 4.78 is 0.637. The molecule has 0 spiro atoms. The molecular formula is C17H21NOS2. The van der Waals surface area contributed by atoms with E-state index >= 15 is 0 Å². The summed E-state index contributed by atoms with van der Waals surface area (Å²) in [5.74, 6) is 0.517. The lowest BCUT2D eigenvalue weighted by atomic mass is 10.0. The van der Waals surface area contributed by atoms with Gasteiger partial charge in [0, 0.05) is 5.54 Å². The van der Waals surface area contributed by atoms with Crippen molar-refractivity contribution in [3.8, 4) is 0 Å². The monoisotopic (exact) mass is 319 g/mol. The quantitative estimate of drug-likeness (QED) is 0.576. The first-order chi connectivity index (χ1) is 9.70. The molecule has 1 aromatic carbocycles. The van der Waals surface area contributed by atoms with Gasteiger partial charge in [0.15, 0.2) is 0 Å². The van der Waals surface area contributed by atoms with Crippen LogP contribution in [0.25, 0.3) is 6.08 Å². The van der Waals surface area contributed by atoms with Gasteiger partial charge in [-0.15, -0.1) is 0 Å². The average molecular weight is 319 g/mol. The molecule has 1 saturated heterocycles. The minimum absolute atomic E-state index is 0.00503. The third-order valence-corrected chi connectivity index (χ3v) is 4.67. The van der Waals surface area contributed by atoms with Gasteiger partial charge in [0.1, 0.15) is 4.32 Å². The van der Waals surface area contributed by atoms with Crippen molar-refractivity contribution in [1.29, 1.82) is 0 Å². The number of thioether (sulfide) groups is 1. The number of amides is 1. The minimum Gasteiger partial charge on any atom is -0.288 e. The molecule has 2 rings (SSSR count). The van der Waals surface area contributed by atoms with Crippen molar-refractivity contribution in [2.24, 2.45) is 0 Å². The van der Waals surface area contributed by atoms with Gasteiger partial charge in [-0.1, -0.05) is 62.1 Å². The summed E-state index contributed by atoms with van der Waals surface area (Å²) in [6.07, 6.45) is 1.93. The zero-order valence-corrected chi connectivity index (χ0v) is 14.8. The van der Waals surface area contributed by atoms with Gasteiger partial charge < -0.3 is 0 Å². The molecule has 0 unspecified atom stereocenters. The fourth-order valence-electron chi connectivity index (χ4n) is 2.17. The Morgan fingerprint density at radius 3 is 2.19 bits per heavy atom. The summed E-state index contributed by atoms with van der Waals surface area (Å²) in [7, 11) is 0. The third-order valence-electron chi connectivity index (χ3n) is 3.37. The summed E-state index contributed by atoms with van der Waals surface area (Å²) in [6.45, 7) is 10.3. The van der Waals surface area contributed by atoms with Gasteiger partial charge in [-0.05, 0) is 43.9 Å². The predicted octanol–water partition coefficient (Wildman–Crippen LogP) is 4.81. The normalized spacial score (nSPS) is 18.2. The van der Waals surface area contributed by atoms with Crippen LogP contribution < -0.4 is 0 Å². The molecule has 1 heterocycles. The summed E-state index contributed by atoms with van der Waals surface area (Å²) in [6, 6.07) is 8.33. The van der Waals surface area contributed by atoms with Gasteiger partial charge in [0.2, 0.25) is 0 Å². The van der Waals surface area contributed by atoms with Crippen molar-refractivity contribution in [3.05, 3.63) is 40.3 Å². The molecule has 0 bridgehead atoms. The number of rotatable bonds is 2. The van der Waals surface area contributed by atoms with Crippen LogP contribution in [0.15, 0.2) is 29.2 Å². The van der Waals surface area contributed by atoms with E-state index in [1.807, 2.05) is 26.8 Å². The minimum atomic E-state index is -0.280. The maximum Gasteiger partial charge on any atom is 0.266 e. The van der Waals surface area contributed by atoms with E-state index in [2.05, 4.69) is 38.1 Å². The largest absolute Gasteiger partial charge is 0.288 e. The number of nitrogens with zero attached hydrogens (tertiary/aromatic N) is 1. The first kappa shape index (κ1) is 16.2. The second-order valence-corrected chi connectivity index (χ2v) is 8.19. The van der Waals surface area contributed by atoms with Crippen LogP contribution in [-0.2, 0) is 4.79 Å². The van der Waals surface area contributed by atoms with Crippen LogP contribution in [-0.4, -0.2) is 20.7 Å². The van der Waals surface area contributed by atoms with Gasteiger partial charge >= 0.3 is 0 Å². The Morgan fingerprint density at radius 2 is 1.76 bits per heavy atom. The van der Waals surface area contributed by atoms with Crippen molar-refractivity contribution in [1.82, 2.24) is 4.90 Å². The van der Waals surface area contributed by atoms with Gasteiger partial charge in [0.25, 0.3) is 5.91 Å². The molecule has 4 heteroatoms.